The van der Waals surface area contributed by atoms with E-state index in [0.717, 1.165) is 22.1 Å². The number of nitrogens with one attached hydrogen (secondary N) is 1. The molecule has 0 bridgehead atoms. The standard InChI is InChI=1S/C21H24FNO3S/c1-21(2,3)27(25)23-19(12-22)16-6-4-5-15(11-16)18-10-14(13-24)9-17-7-8-26-20(17)18/h4-11,19,23-24H,12-13H2,1-3H3/t19-,27+/m0/s1. The van der Waals surface area contributed by atoms with Gasteiger partial charge in [0.2, 0.25) is 0 Å². The predicted octanol–water partition coefficient (Wildman–Crippen LogP) is 4.65. The first-order valence-electron chi connectivity index (χ1n) is 8.79. The number of aliphatic hydroxyl groups excluding tert-OH is 1. The molecule has 0 aliphatic carbocycles. The molecule has 1 heterocycles. The van der Waals surface area contributed by atoms with Crippen LogP contribution in [-0.4, -0.2) is 21.1 Å². The van der Waals surface area contributed by atoms with Gasteiger partial charge >= 0.3 is 0 Å². The van der Waals surface area contributed by atoms with Gasteiger partial charge in [0.1, 0.15) is 23.0 Å². The molecule has 0 aliphatic heterocycles. The van der Waals surface area contributed by atoms with E-state index in [9.17, 15) is 14.0 Å². The highest BCUT2D eigenvalue weighted by atomic mass is 32.2. The summed E-state index contributed by atoms with van der Waals surface area (Å²) in [7, 11) is 0. The Morgan fingerprint density at radius 1 is 1.22 bits per heavy atom. The van der Waals surface area contributed by atoms with E-state index < -0.39 is 28.8 Å². The van der Waals surface area contributed by atoms with Crippen LogP contribution in [0.2, 0.25) is 0 Å². The van der Waals surface area contributed by atoms with Crippen LogP contribution >= 0.6 is 0 Å². The molecule has 6 heteroatoms. The minimum atomic E-state index is -1.38. The normalized spacial score (nSPS) is 14.4. The molecule has 3 rings (SSSR count). The average Bonchev–Trinajstić information content (AvgIpc) is 3.12. The number of benzene rings is 2. The van der Waals surface area contributed by atoms with Crippen LogP contribution in [0, 0.1) is 0 Å². The Bertz CT molecular complexity index is 919. The van der Waals surface area contributed by atoms with Gasteiger partial charge in [-0.3, -0.25) is 0 Å². The maximum Gasteiger partial charge on any atom is 0.141 e. The van der Waals surface area contributed by atoms with Crippen LogP contribution in [0.25, 0.3) is 22.1 Å². The molecule has 2 aromatic carbocycles. The summed E-state index contributed by atoms with van der Waals surface area (Å²) in [6.07, 6.45) is 1.61. The van der Waals surface area contributed by atoms with Crippen LogP contribution in [-0.2, 0) is 18.0 Å². The minimum Gasteiger partial charge on any atom is -0.598 e. The first kappa shape index (κ1) is 19.9. The summed E-state index contributed by atoms with van der Waals surface area (Å²) in [6, 6.07) is 12.4. The second-order valence-corrected chi connectivity index (χ2v) is 9.47. The Kier molecular flexibility index (Phi) is 5.91. The van der Waals surface area contributed by atoms with Gasteiger partial charge in [0, 0.05) is 22.3 Å². The number of alkyl halides is 1. The zero-order valence-corrected chi connectivity index (χ0v) is 16.5. The van der Waals surface area contributed by atoms with Crippen molar-refractivity contribution in [1.29, 1.82) is 0 Å². The fourth-order valence-electron chi connectivity index (χ4n) is 2.87. The number of fused-ring (bicyclic) bond motifs is 1. The molecule has 0 spiro atoms. The third-order valence-corrected chi connectivity index (χ3v) is 5.96. The minimum absolute atomic E-state index is 0.0764. The van der Waals surface area contributed by atoms with E-state index in [1.54, 1.807) is 6.26 Å². The van der Waals surface area contributed by atoms with Crippen LogP contribution in [0.15, 0.2) is 53.1 Å². The predicted molar refractivity (Wildman–Crippen MR) is 107 cm³/mol. The van der Waals surface area contributed by atoms with Gasteiger partial charge in [0.05, 0.1) is 12.9 Å². The lowest BCUT2D eigenvalue weighted by molar-refractivity contribution is 0.282. The van der Waals surface area contributed by atoms with Gasteiger partial charge in [-0.15, -0.1) is 4.72 Å². The number of hydrogen-bond donors (Lipinski definition) is 2. The number of rotatable bonds is 6. The van der Waals surface area contributed by atoms with Gasteiger partial charge in [-0.1, -0.05) is 18.2 Å². The summed E-state index contributed by atoms with van der Waals surface area (Å²) in [4.78, 5) is 0. The molecule has 2 atom stereocenters. The fraction of sp³-hybridized carbons (Fsp3) is 0.333. The topological polar surface area (TPSA) is 68.5 Å². The van der Waals surface area contributed by atoms with Crippen LogP contribution in [0.5, 0.6) is 0 Å². The second-order valence-electron chi connectivity index (χ2n) is 7.47. The van der Waals surface area contributed by atoms with Crippen molar-refractivity contribution in [2.75, 3.05) is 6.67 Å². The Hall–Kier alpha value is -1.86. The third kappa shape index (κ3) is 4.35. The van der Waals surface area contributed by atoms with E-state index in [-0.39, 0.29) is 6.61 Å². The molecule has 144 valence electrons. The summed E-state index contributed by atoms with van der Waals surface area (Å²) in [6.45, 7) is 4.78. The highest BCUT2D eigenvalue weighted by Crippen LogP contribution is 2.33. The van der Waals surface area contributed by atoms with Crippen molar-refractivity contribution in [2.45, 2.75) is 38.2 Å². The molecular formula is C21H24FNO3S. The lowest BCUT2D eigenvalue weighted by atomic mass is 9.97. The summed E-state index contributed by atoms with van der Waals surface area (Å²) in [5, 5.41) is 10.4. The molecule has 0 radical (unpaired) electrons. The van der Waals surface area contributed by atoms with Crippen molar-refractivity contribution in [2.24, 2.45) is 0 Å². The summed E-state index contributed by atoms with van der Waals surface area (Å²) in [5.74, 6) is 0. The molecule has 1 aromatic heterocycles. The number of hydrogen-bond acceptors (Lipinski definition) is 4. The lowest BCUT2D eigenvalue weighted by Gasteiger charge is -2.27. The number of halogens is 1. The highest BCUT2D eigenvalue weighted by Gasteiger charge is 2.30. The Balaban J connectivity index is 1.99. The van der Waals surface area contributed by atoms with E-state index in [4.69, 9.17) is 4.42 Å². The zero-order valence-electron chi connectivity index (χ0n) is 15.7. The molecule has 4 nitrogen and oxygen atoms in total. The lowest BCUT2D eigenvalue weighted by Crippen LogP contribution is -2.41. The van der Waals surface area contributed by atoms with Crippen LogP contribution in [0.3, 0.4) is 0 Å². The molecule has 0 fully saturated rings. The highest BCUT2D eigenvalue weighted by molar-refractivity contribution is 7.90. The zero-order chi connectivity index (χ0) is 19.6. The van der Waals surface area contributed by atoms with Gasteiger partial charge in [-0.2, -0.15) is 0 Å². The van der Waals surface area contributed by atoms with Crippen molar-refractivity contribution >= 4 is 22.3 Å². The summed E-state index contributed by atoms with van der Waals surface area (Å²) in [5.41, 5.74) is 3.88. The molecule has 2 N–H and O–H groups in total. The Labute approximate surface area is 161 Å². The molecule has 0 unspecified atom stereocenters. The van der Waals surface area contributed by atoms with E-state index in [1.807, 2.05) is 63.2 Å². The van der Waals surface area contributed by atoms with E-state index >= 15 is 0 Å². The van der Waals surface area contributed by atoms with Crippen molar-refractivity contribution < 1.29 is 18.5 Å². The Morgan fingerprint density at radius 2 is 2.00 bits per heavy atom. The first-order chi connectivity index (χ1) is 12.8. The van der Waals surface area contributed by atoms with E-state index in [2.05, 4.69) is 4.72 Å². The average molecular weight is 389 g/mol. The Morgan fingerprint density at radius 3 is 2.67 bits per heavy atom. The molecular weight excluding hydrogens is 365 g/mol. The second kappa shape index (κ2) is 8.02. The number of aliphatic hydroxyl groups is 1. The molecule has 0 saturated heterocycles. The van der Waals surface area contributed by atoms with Crippen molar-refractivity contribution in [3.8, 4) is 11.1 Å². The van der Waals surface area contributed by atoms with Crippen molar-refractivity contribution in [1.82, 2.24) is 4.72 Å². The maximum atomic E-state index is 13.7. The first-order valence-corrected chi connectivity index (χ1v) is 9.94. The van der Waals surface area contributed by atoms with Gasteiger partial charge in [-0.25, -0.2) is 4.39 Å². The maximum absolute atomic E-state index is 13.7. The number of furan rings is 1. The molecule has 0 aliphatic rings. The van der Waals surface area contributed by atoms with Gasteiger partial charge in [0.25, 0.3) is 0 Å². The van der Waals surface area contributed by atoms with Crippen LogP contribution in [0.4, 0.5) is 4.39 Å². The van der Waals surface area contributed by atoms with E-state index in [1.165, 1.54) is 0 Å². The van der Waals surface area contributed by atoms with Crippen molar-refractivity contribution in [3.05, 3.63) is 59.9 Å². The summed E-state index contributed by atoms with van der Waals surface area (Å²) >= 11 is -1.38. The summed E-state index contributed by atoms with van der Waals surface area (Å²) < 4.78 is 34.1. The van der Waals surface area contributed by atoms with Crippen LogP contribution < -0.4 is 4.72 Å². The SMILES string of the molecule is CC(C)(C)[S@@+]([O-])N[C@@H](CF)c1cccc(-c2cc(CO)cc3ccoc23)c1. The molecule has 3 aromatic rings. The van der Waals surface area contributed by atoms with Gasteiger partial charge < -0.3 is 14.1 Å². The largest absolute Gasteiger partial charge is 0.598 e. The van der Waals surface area contributed by atoms with Gasteiger partial charge in [0.15, 0.2) is 0 Å². The molecule has 0 amide bonds. The monoisotopic (exact) mass is 389 g/mol. The third-order valence-electron chi connectivity index (χ3n) is 4.35. The molecule has 0 saturated carbocycles. The smallest absolute Gasteiger partial charge is 0.141 e. The van der Waals surface area contributed by atoms with E-state index in [0.29, 0.717) is 11.1 Å². The quantitative estimate of drug-likeness (QED) is 0.602. The van der Waals surface area contributed by atoms with Crippen molar-refractivity contribution in [3.63, 3.8) is 0 Å². The molecule has 27 heavy (non-hydrogen) atoms. The fourth-order valence-corrected chi connectivity index (χ4v) is 3.68. The van der Waals surface area contributed by atoms with Crippen LogP contribution in [0.1, 0.15) is 37.9 Å². The van der Waals surface area contributed by atoms with Gasteiger partial charge in [-0.05, 0) is 61.7 Å².